The van der Waals surface area contributed by atoms with Gasteiger partial charge in [0.25, 0.3) is 0 Å². The Bertz CT molecular complexity index is 1050. The molecule has 2 aliphatic rings. The molecule has 2 aliphatic heterocycles. The van der Waals surface area contributed by atoms with Gasteiger partial charge < -0.3 is 4.74 Å². The van der Waals surface area contributed by atoms with Gasteiger partial charge in [0.05, 0.1) is 23.1 Å². The van der Waals surface area contributed by atoms with E-state index in [-0.39, 0.29) is 4.90 Å². The third-order valence-corrected chi connectivity index (χ3v) is 8.41. The Morgan fingerprint density at radius 1 is 0.938 bits per heavy atom. The number of fused-ring (bicyclic) bond motifs is 3. The zero-order valence-corrected chi connectivity index (χ0v) is 19.3. The highest BCUT2D eigenvalue weighted by molar-refractivity contribution is 7.89. The lowest BCUT2D eigenvalue weighted by atomic mass is 9.95. The number of nitrogens with zero attached hydrogens (tertiary/aromatic N) is 3. The van der Waals surface area contributed by atoms with Gasteiger partial charge >= 0.3 is 0 Å². The topological polar surface area (TPSA) is 73.6 Å². The Balaban J connectivity index is 1.56. The fourth-order valence-corrected chi connectivity index (χ4v) is 6.15. The Morgan fingerprint density at radius 2 is 1.78 bits per heavy atom. The van der Waals surface area contributed by atoms with E-state index in [1.54, 1.807) is 16.4 Å². The van der Waals surface area contributed by atoms with Crippen LogP contribution in [0.5, 0.6) is 5.75 Å². The molecule has 0 radical (unpaired) electrons. The minimum atomic E-state index is -3.64. The van der Waals surface area contributed by atoms with Crippen molar-refractivity contribution in [1.82, 2.24) is 9.21 Å². The van der Waals surface area contributed by atoms with Crippen molar-refractivity contribution in [2.45, 2.75) is 49.5 Å². The normalized spacial score (nSPS) is 21.5. The summed E-state index contributed by atoms with van der Waals surface area (Å²) in [5.41, 5.74) is 1.76. The maximum Gasteiger partial charge on any atom is 0.243 e. The van der Waals surface area contributed by atoms with Gasteiger partial charge in [-0.1, -0.05) is 18.6 Å². The molecule has 170 valence electrons. The van der Waals surface area contributed by atoms with Gasteiger partial charge in [0.15, 0.2) is 0 Å². The second kappa shape index (κ2) is 10.5. The molecule has 4 rings (SSSR count). The zero-order valence-electron chi connectivity index (χ0n) is 18.4. The molecule has 1 unspecified atom stereocenters. The second-order valence-corrected chi connectivity index (χ2v) is 10.6. The molecule has 2 aromatic rings. The first-order valence-electron chi connectivity index (χ1n) is 11.5. The first kappa shape index (κ1) is 22.8. The van der Waals surface area contributed by atoms with E-state index in [0.29, 0.717) is 37.7 Å². The van der Waals surface area contributed by atoms with Crippen LogP contribution in [-0.4, -0.2) is 56.5 Å². The monoisotopic (exact) mass is 453 g/mol. The highest BCUT2D eigenvalue weighted by Crippen LogP contribution is 2.24. The number of ether oxygens (including phenoxy) is 1. The SMILES string of the molecule is N#Cc1ccc(S(=O)(=O)N2CCCOc3cccc(c3)CCC3CCCCN3CC2)cc1. The van der Waals surface area contributed by atoms with Crippen molar-refractivity contribution in [3.05, 3.63) is 59.7 Å². The third kappa shape index (κ3) is 5.50. The number of nitriles is 1. The van der Waals surface area contributed by atoms with Gasteiger partial charge in [-0.2, -0.15) is 9.57 Å². The smallest absolute Gasteiger partial charge is 0.243 e. The molecule has 2 bridgehead atoms. The van der Waals surface area contributed by atoms with Crippen LogP contribution in [0.2, 0.25) is 0 Å². The number of benzene rings is 2. The standard InChI is InChI=1S/C25H31N3O3S/c26-20-22-9-12-25(13-10-22)32(29,30)28-15-4-18-31-24-7-3-5-21(19-24)8-11-23-6-1-2-14-27(23)16-17-28/h3,5,7,9-10,12-13,19,23H,1-2,4,6,8,11,14-18H2. The van der Waals surface area contributed by atoms with E-state index in [1.165, 1.54) is 37.0 Å². The summed E-state index contributed by atoms with van der Waals surface area (Å²) < 4.78 is 34.3. The molecule has 2 aromatic carbocycles. The fourth-order valence-electron chi connectivity index (χ4n) is 4.68. The number of aryl methyl sites for hydroxylation is 1. The Labute approximate surface area is 191 Å². The van der Waals surface area contributed by atoms with E-state index in [4.69, 9.17) is 10.00 Å². The van der Waals surface area contributed by atoms with Crippen LogP contribution in [0.4, 0.5) is 0 Å². The van der Waals surface area contributed by atoms with E-state index in [9.17, 15) is 8.42 Å². The molecule has 0 N–H and O–H groups in total. The van der Waals surface area contributed by atoms with Crippen LogP contribution in [0.1, 0.15) is 43.2 Å². The summed E-state index contributed by atoms with van der Waals surface area (Å²) in [7, 11) is -3.64. The summed E-state index contributed by atoms with van der Waals surface area (Å²) in [6.07, 6.45) is 6.26. The number of sulfonamides is 1. The molecule has 7 heteroatoms. The van der Waals surface area contributed by atoms with E-state index in [2.05, 4.69) is 17.0 Å². The molecule has 32 heavy (non-hydrogen) atoms. The maximum absolute atomic E-state index is 13.4. The average molecular weight is 454 g/mol. The van der Waals surface area contributed by atoms with Gasteiger partial charge in [0.1, 0.15) is 5.75 Å². The predicted molar refractivity (Wildman–Crippen MR) is 124 cm³/mol. The molecule has 0 aromatic heterocycles. The van der Waals surface area contributed by atoms with Gasteiger partial charge in [-0.25, -0.2) is 8.42 Å². The van der Waals surface area contributed by atoms with Gasteiger partial charge in [0.2, 0.25) is 10.0 Å². The predicted octanol–water partition coefficient (Wildman–Crippen LogP) is 3.82. The van der Waals surface area contributed by atoms with Gasteiger partial charge in [0, 0.05) is 25.7 Å². The van der Waals surface area contributed by atoms with Crippen LogP contribution in [0.25, 0.3) is 0 Å². The van der Waals surface area contributed by atoms with Crippen LogP contribution in [0, 0.1) is 11.3 Å². The molecule has 0 spiro atoms. The summed E-state index contributed by atoms with van der Waals surface area (Å²) >= 11 is 0. The molecule has 0 saturated carbocycles. The van der Waals surface area contributed by atoms with Crippen molar-refractivity contribution in [1.29, 1.82) is 5.26 Å². The summed E-state index contributed by atoms with van der Waals surface area (Å²) in [5.74, 6) is 0.849. The Hall–Kier alpha value is -2.40. The van der Waals surface area contributed by atoms with Gasteiger partial charge in [-0.3, -0.25) is 4.90 Å². The number of piperidine rings is 1. The van der Waals surface area contributed by atoms with E-state index in [0.717, 1.165) is 31.7 Å². The van der Waals surface area contributed by atoms with Crippen molar-refractivity contribution >= 4 is 10.0 Å². The van der Waals surface area contributed by atoms with Crippen LogP contribution < -0.4 is 4.74 Å². The maximum atomic E-state index is 13.4. The quantitative estimate of drug-likeness (QED) is 0.691. The zero-order chi connectivity index (χ0) is 22.4. The number of hydrogen-bond donors (Lipinski definition) is 0. The van der Waals surface area contributed by atoms with Crippen molar-refractivity contribution in [2.24, 2.45) is 0 Å². The van der Waals surface area contributed by atoms with E-state index in [1.807, 2.05) is 18.2 Å². The summed E-state index contributed by atoms with van der Waals surface area (Å²) in [4.78, 5) is 2.72. The molecule has 0 aliphatic carbocycles. The lowest BCUT2D eigenvalue weighted by molar-refractivity contribution is 0.131. The molecular formula is C25H31N3O3S. The second-order valence-electron chi connectivity index (χ2n) is 8.61. The van der Waals surface area contributed by atoms with E-state index < -0.39 is 10.0 Å². The molecule has 2 heterocycles. The molecule has 1 atom stereocenters. The highest BCUT2D eigenvalue weighted by Gasteiger charge is 2.28. The van der Waals surface area contributed by atoms with E-state index >= 15 is 0 Å². The minimum absolute atomic E-state index is 0.237. The first-order valence-corrected chi connectivity index (χ1v) is 13.0. The third-order valence-electron chi connectivity index (χ3n) is 6.49. The Kier molecular flexibility index (Phi) is 7.46. The van der Waals surface area contributed by atoms with Crippen molar-refractivity contribution in [3.63, 3.8) is 0 Å². The molecule has 1 fully saturated rings. The van der Waals surface area contributed by atoms with Crippen LogP contribution in [-0.2, 0) is 16.4 Å². The summed E-state index contributed by atoms with van der Waals surface area (Å²) in [5, 5.41) is 9.03. The molecule has 1 saturated heterocycles. The minimum Gasteiger partial charge on any atom is -0.494 e. The summed E-state index contributed by atoms with van der Waals surface area (Å²) in [6, 6.07) is 17.0. The molecule has 0 amide bonds. The molecular weight excluding hydrogens is 422 g/mol. The Morgan fingerprint density at radius 3 is 2.59 bits per heavy atom. The number of hydrogen-bond acceptors (Lipinski definition) is 5. The first-order chi connectivity index (χ1) is 15.6. The van der Waals surface area contributed by atoms with Gasteiger partial charge in [-0.05, 0) is 80.6 Å². The van der Waals surface area contributed by atoms with Crippen LogP contribution in [0.15, 0.2) is 53.4 Å². The van der Waals surface area contributed by atoms with Crippen molar-refractivity contribution < 1.29 is 13.2 Å². The van der Waals surface area contributed by atoms with Crippen LogP contribution >= 0.6 is 0 Å². The number of rotatable bonds is 2. The summed E-state index contributed by atoms with van der Waals surface area (Å²) in [6.45, 7) is 3.10. The van der Waals surface area contributed by atoms with Crippen molar-refractivity contribution in [3.8, 4) is 11.8 Å². The fraction of sp³-hybridized carbons (Fsp3) is 0.480. The highest BCUT2D eigenvalue weighted by atomic mass is 32.2. The average Bonchev–Trinajstić information content (AvgIpc) is 2.82. The lowest BCUT2D eigenvalue weighted by Gasteiger charge is -2.37. The van der Waals surface area contributed by atoms with Gasteiger partial charge in [-0.15, -0.1) is 0 Å². The lowest BCUT2D eigenvalue weighted by Crippen LogP contribution is -2.45. The van der Waals surface area contributed by atoms with Crippen molar-refractivity contribution in [2.75, 3.05) is 32.8 Å². The largest absolute Gasteiger partial charge is 0.494 e. The van der Waals surface area contributed by atoms with Crippen LogP contribution in [0.3, 0.4) is 0 Å². The molecule has 6 nitrogen and oxygen atoms in total.